The number of benzene rings is 1. The van der Waals surface area contributed by atoms with Gasteiger partial charge in [-0.2, -0.15) is 0 Å². The van der Waals surface area contributed by atoms with Gasteiger partial charge in [0.05, 0.1) is 26.1 Å². The second kappa shape index (κ2) is 6.90. The van der Waals surface area contributed by atoms with Crippen LogP contribution < -0.4 is 5.32 Å². The molecular formula is C20H21ClN4O3S2. The number of aromatic nitrogens is 2. The molecule has 2 N–H and O–H groups in total. The van der Waals surface area contributed by atoms with Crippen molar-refractivity contribution in [2.75, 3.05) is 5.75 Å². The maximum atomic E-state index is 12.8. The van der Waals surface area contributed by atoms with Crippen LogP contribution in [0.5, 0.6) is 0 Å². The summed E-state index contributed by atoms with van der Waals surface area (Å²) in [5, 5.41) is 19.9. The van der Waals surface area contributed by atoms with Crippen molar-refractivity contribution in [1.29, 1.82) is 5.41 Å². The van der Waals surface area contributed by atoms with Gasteiger partial charge in [0.15, 0.2) is 9.84 Å². The first-order valence-corrected chi connectivity index (χ1v) is 12.1. The Morgan fingerprint density at radius 1 is 1.17 bits per heavy atom. The summed E-state index contributed by atoms with van der Waals surface area (Å²) in [6, 6.07) is 9.43. The van der Waals surface area contributed by atoms with Crippen molar-refractivity contribution in [1.82, 2.24) is 15.5 Å². The van der Waals surface area contributed by atoms with E-state index in [1.807, 2.05) is 31.2 Å². The SMILES string of the molecule is Cc1ccc(-c2nnc(-c3cc(Cl)c([C@]4(C)CS(=O)(=O)C(C)(C)C(=N)N4)s3)o2)cc1. The summed E-state index contributed by atoms with van der Waals surface area (Å²) in [7, 11) is -3.56. The van der Waals surface area contributed by atoms with Gasteiger partial charge in [-0.15, -0.1) is 21.5 Å². The van der Waals surface area contributed by atoms with Crippen LogP contribution in [-0.4, -0.2) is 35.0 Å². The Labute approximate surface area is 183 Å². The molecule has 10 heteroatoms. The summed E-state index contributed by atoms with van der Waals surface area (Å²) < 4.78 is 30.2. The summed E-state index contributed by atoms with van der Waals surface area (Å²) in [6.07, 6.45) is 0. The zero-order valence-electron chi connectivity index (χ0n) is 16.9. The van der Waals surface area contributed by atoms with E-state index in [0.29, 0.717) is 26.6 Å². The zero-order chi connectivity index (χ0) is 21.9. The van der Waals surface area contributed by atoms with Gasteiger partial charge in [-0.25, -0.2) is 8.42 Å². The summed E-state index contributed by atoms with van der Waals surface area (Å²) in [4.78, 5) is 1.25. The van der Waals surface area contributed by atoms with Gasteiger partial charge in [0.25, 0.3) is 5.89 Å². The van der Waals surface area contributed by atoms with Gasteiger partial charge in [-0.1, -0.05) is 29.3 Å². The highest BCUT2D eigenvalue weighted by Crippen LogP contribution is 2.43. The molecule has 158 valence electrons. The molecule has 0 radical (unpaired) electrons. The Kier molecular flexibility index (Phi) is 4.83. The first-order valence-electron chi connectivity index (χ1n) is 9.23. The van der Waals surface area contributed by atoms with Crippen molar-refractivity contribution >= 4 is 38.6 Å². The number of amidine groups is 1. The minimum absolute atomic E-state index is 0.0540. The Balaban J connectivity index is 1.69. The second-order valence-corrected chi connectivity index (χ2v) is 12.2. The van der Waals surface area contributed by atoms with E-state index in [9.17, 15) is 8.42 Å². The summed E-state index contributed by atoms with van der Waals surface area (Å²) >= 11 is 7.77. The quantitative estimate of drug-likeness (QED) is 0.594. The number of hydrogen-bond acceptors (Lipinski definition) is 7. The van der Waals surface area contributed by atoms with Crippen LogP contribution in [-0.2, 0) is 15.4 Å². The van der Waals surface area contributed by atoms with Crippen LogP contribution in [0.4, 0.5) is 0 Å². The summed E-state index contributed by atoms with van der Waals surface area (Å²) in [5.41, 5.74) is 0.917. The summed E-state index contributed by atoms with van der Waals surface area (Å²) in [5.74, 6) is 0.473. The van der Waals surface area contributed by atoms with Gasteiger partial charge in [0.1, 0.15) is 10.6 Å². The van der Waals surface area contributed by atoms with E-state index in [1.165, 1.54) is 25.2 Å². The smallest absolute Gasteiger partial charge is 0.258 e. The van der Waals surface area contributed by atoms with Crippen molar-refractivity contribution in [3.05, 3.63) is 45.8 Å². The molecule has 1 fully saturated rings. The van der Waals surface area contributed by atoms with Gasteiger partial charge >= 0.3 is 0 Å². The molecule has 1 atom stereocenters. The van der Waals surface area contributed by atoms with Crippen LogP contribution in [0.3, 0.4) is 0 Å². The molecule has 0 bridgehead atoms. The molecule has 0 amide bonds. The fourth-order valence-corrected chi connectivity index (χ4v) is 6.65. The Morgan fingerprint density at radius 3 is 2.43 bits per heavy atom. The van der Waals surface area contributed by atoms with E-state index in [1.54, 1.807) is 13.0 Å². The van der Waals surface area contributed by atoms with Gasteiger partial charge in [-0.3, -0.25) is 5.41 Å². The third-order valence-electron chi connectivity index (χ3n) is 5.38. The highest BCUT2D eigenvalue weighted by Gasteiger charge is 2.51. The molecule has 0 unspecified atom stereocenters. The molecule has 0 saturated carbocycles. The van der Waals surface area contributed by atoms with E-state index >= 15 is 0 Å². The van der Waals surface area contributed by atoms with Gasteiger partial charge in [0.2, 0.25) is 5.89 Å². The van der Waals surface area contributed by atoms with Crippen molar-refractivity contribution in [3.8, 4) is 22.2 Å². The van der Waals surface area contributed by atoms with Crippen LogP contribution in [0.25, 0.3) is 22.2 Å². The fraction of sp³-hybridized carbons (Fsp3) is 0.350. The van der Waals surface area contributed by atoms with Crippen LogP contribution >= 0.6 is 22.9 Å². The maximum absolute atomic E-state index is 12.8. The first kappa shape index (κ1) is 21.0. The lowest BCUT2D eigenvalue weighted by Gasteiger charge is -2.42. The average Bonchev–Trinajstić information content (AvgIpc) is 3.27. The standard InChI is InChI=1S/C20H21ClN4O3S2/c1-11-5-7-12(8-6-11)16-24-25-17(28-16)14-9-13(21)15(29-14)20(4)10-30(26,27)19(2,3)18(22)23-20/h5-9H,10H2,1-4H3,(H2,22,23)/t20-/m0/s1. The molecule has 0 spiro atoms. The predicted molar refractivity (Wildman–Crippen MR) is 119 cm³/mol. The minimum Gasteiger partial charge on any atom is -0.415 e. The molecule has 4 rings (SSSR count). The topological polar surface area (TPSA) is 109 Å². The second-order valence-electron chi connectivity index (χ2n) is 8.17. The maximum Gasteiger partial charge on any atom is 0.258 e. The normalized spacial score (nSPS) is 22.6. The van der Waals surface area contributed by atoms with E-state index in [0.717, 1.165) is 11.1 Å². The number of nitrogens with zero attached hydrogens (tertiary/aromatic N) is 2. The van der Waals surface area contributed by atoms with Crippen LogP contribution in [0, 0.1) is 12.3 Å². The third-order valence-corrected chi connectivity index (χ3v) is 9.89. The number of halogens is 1. The van der Waals surface area contributed by atoms with E-state index < -0.39 is 20.1 Å². The first-order chi connectivity index (χ1) is 13.9. The number of sulfone groups is 1. The van der Waals surface area contributed by atoms with E-state index in [2.05, 4.69) is 15.5 Å². The summed E-state index contributed by atoms with van der Waals surface area (Å²) in [6.45, 7) is 6.80. The number of rotatable bonds is 3. The van der Waals surface area contributed by atoms with Gasteiger partial charge in [-0.05, 0) is 45.9 Å². The molecule has 1 aliphatic rings. The molecule has 3 aromatic rings. The number of thiophene rings is 1. The van der Waals surface area contributed by atoms with Crippen LogP contribution in [0.2, 0.25) is 5.02 Å². The van der Waals surface area contributed by atoms with Crippen LogP contribution in [0.15, 0.2) is 34.7 Å². The Bertz CT molecular complexity index is 1250. The van der Waals surface area contributed by atoms with Crippen molar-refractivity contribution < 1.29 is 12.8 Å². The van der Waals surface area contributed by atoms with E-state index in [4.69, 9.17) is 21.4 Å². The lowest BCUT2D eigenvalue weighted by molar-refractivity contribution is 0.450. The number of aryl methyl sites for hydroxylation is 1. The van der Waals surface area contributed by atoms with Crippen molar-refractivity contribution in [3.63, 3.8) is 0 Å². The monoisotopic (exact) mass is 464 g/mol. The van der Waals surface area contributed by atoms with Gasteiger partial charge < -0.3 is 9.73 Å². The molecular weight excluding hydrogens is 444 g/mol. The predicted octanol–water partition coefficient (Wildman–Crippen LogP) is 4.42. The lowest BCUT2D eigenvalue weighted by Crippen LogP contribution is -2.63. The van der Waals surface area contributed by atoms with Crippen molar-refractivity contribution in [2.24, 2.45) is 0 Å². The minimum atomic E-state index is -3.56. The molecule has 2 aromatic heterocycles. The zero-order valence-corrected chi connectivity index (χ0v) is 19.3. The highest BCUT2D eigenvalue weighted by molar-refractivity contribution is 7.93. The van der Waals surface area contributed by atoms with E-state index in [-0.39, 0.29) is 11.6 Å². The third kappa shape index (κ3) is 3.34. The molecule has 1 aromatic carbocycles. The molecule has 0 aliphatic carbocycles. The number of hydrogen-bond donors (Lipinski definition) is 2. The highest BCUT2D eigenvalue weighted by atomic mass is 35.5. The Morgan fingerprint density at radius 2 is 1.80 bits per heavy atom. The van der Waals surface area contributed by atoms with Crippen molar-refractivity contribution in [2.45, 2.75) is 38.0 Å². The molecule has 1 aliphatic heterocycles. The molecule has 3 heterocycles. The molecule has 7 nitrogen and oxygen atoms in total. The molecule has 30 heavy (non-hydrogen) atoms. The lowest BCUT2D eigenvalue weighted by atomic mass is 10.00. The van der Waals surface area contributed by atoms with Gasteiger partial charge in [0, 0.05) is 5.56 Å². The van der Waals surface area contributed by atoms with Crippen LogP contribution in [0.1, 0.15) is 31.2 Å². The largest absolute Gasteiger partial charge is 0.415 e. The average molecular weight is 465 g/mol. The molecule has 1 saturated heterocycles. The fourth-order valence-electron chi connectivity index (χ4n) is 3.29. The number of nitrogens with one attached hydrogen (secondary N) is 2. The Hall–Kier alpha value is -2.23.